The highest BCUT2D eigenvalue weighted by atomic mass is 28.4. The molecule has 2 saturated heterocycles. The van der Waals surface area contributed by atoms with E-state index in [-0.39, 0.29) is 30.7 Å². The van der Waals surface area contributed by atoms with Crippen molar-refractivity contribution in [3.05, 3.63) is 75.6 Å². The van der Waals surface area contributed by atoms with Crippen LogP contribution < -0.4 is 9.80 Å². The van der Waals surface area contributed by atoms with Crippen molar-refractivity contribution in [2.75, 3.05) is 23.0 Å². The van der Waals surface area contributed by atoms with Crippen molar-refractivity contribution in [3.8, 4) is 0 Å². The summed E-state index contributed by atoms with van der Waals surface area (Å²) in [5.74, 6) is -0.880. The lowest BCUT2D eigenvalue weighted by Crippen LogP contribution is -2.45. The van der Waals surface area contributed by atoms with Gasteiger partial charge in [-0.05, 0) is 56.1 Å². The van der Waals surface area contributed by atoms with Gasteiger partial charge in [0.2, 0.25) is 14.3 Å². The first-order chi connectivity index (χ1) is 21.9. The Morgan fingerprint density at radius 3 is 2.61 bits per heavy atom. The van der Waals surface area contributed by atoms with E-state index in [4.69, 9.17) is 4.74 Å². The second-order valence-electron chi connectivity index (χ2n) is 13.0. The third-order valence-corrected chi connectivity index (χ3v) is 12.1. The molecule has 3 aliphatic heterocycles. The van der Waals surface area contributed by atoms with Crippen LogP contribution in [0, 0.1) is 16.0 Å². The van der Waals surface area contributed by atoms with Crippen molar-refractivity contribution in [2.45, 2.75) is 82.5 Å². The number of fused-ring (bicyclic) bond motifs is 2. The minimum Gasteiger partial charge on any atom is -0.396 e. The number of anilines is 2. The maximum absolute atomic E-state index is 16.2. The Hall–Kier alpha value is -4.01. The van der Waals surface area contributed by atoms with E-state index in [1.165, 1.54) is 12.1 Å². The summed E-state index contributed by atoms with van der Waals surface area (Å²) in [7, 11) is -3.44. The number of aliphatic hydroxyl groups is 1. The number of aryl methyl sites for hydroxylation is 1. The molecule has 4 heterocycles. The average molecular weight is 651 g/mol. The zero-order chi connectivity index (χ0) is 32.8. The van der Waals surface area contributed by atoms with Crippen LogP contribution in [0.15, 0.2) is 48.7 Å². The molecule has 2 fully saturated rings. The normalized spacial score (nSPS) is 24.7. The maximum Gasteiger partial charge on any atom is 0.269 e. The number of halogens is 1. The third-order valence-electron chi connectivity index (χ3n) is 9.66. The number of rotatable bonds is 10. The Morgan fingerprint density at radius 1 is 1.17 bits per heavy atom. The zero-order valence-corrected chi connectivity index (χ0v) is 27.3. The lowest BCUT2D eigenvalue weighted by Gasteiger charge is -2.31. The minimum absolute atomic E-state index is 0.0550. The van der Waals surface area contributed by atoms with Crippen molar-refractivity contribution in [1.82, 2.24) is 15.0 Å². The second kappa shape index (κ2) is 12.3. The molecule has 12 nitrogen and oxygen atoms in total. The Bertz CT molecular complexity index is 1640. The number of non-ortho nitro benzene ring substituents is 1. The Morgan fingerprint density at radius 2 is 1.93 bits per heavy atom. The van der Waals surface area contributed by atoms with Crippen LogP contribution in [0.3, 0.4) is 0 Å². The van der Waals surface area contributed by atoms with Crippen LogP contribution in [-0.4, -0.2) is 64.5 Å². The van der Waals surface area contributed by atoms with Gasteiger partial charge in [0.15, 0.2) is 5.60 Å². The zero-order valence-electron chi connectivity index (χ0n) is 26.3. The molecular formula is C32H39FN6O6Si. The molecule has 2 aromatic carbocycles. The van der Waals surface area contributed by atoms with Crippen molar-refractivity contribution in [3.63, 3.8) is 0 Å². The summed E-state index contributed by atoms with van der Waals surface area (Å²) >= 11 is 0. The van der Waals surface area contributed by atoms with Crippen molar-refractivity contribution in [1.29, 1.82) is 0 Å². The van der Waals surface area contributed by atoms with Crippen molar-refractivity contribution in [2.24, 2.45) is 5.92 Å². The molecule has 6 rings (SSSR count). The van der Waals surface area contributed by atoms with E-state index < -0.39 is 36.5 Å². The van der Waals surface area contributed by atoms with Gasteiger partial charge in [0.05, 0.1) is 29.0 Å². The molecule has 46 heavy (non-hydrogen) atoms. The topological polar surface area (TPSA) is 144 Å². The summed E-state index contributed by atoms with van der Waals surface area (Å²) in [4.78, 5) is 41.8. The maximum atomic E-state index is 16.2. The molecule has 3 aromatic rings. The fraction of sp³-hybridized carbons (Fsp3) is 0.500. The van der Waals surface area contributed by atoms with Gasteiger partial charge < -0.3 is 23.8 Å². The van der Waals surface area contributed by atoms with Gasteiger partial charge in [-0.1, -0.05) is 24.3 Å². The number of aliphatic hydroxyl groups excluding tert-OH is 1. The molecule has 3 aliphatic rings. The Labute approximate surface area is 267 Å². The number of nitro groups is 1. The second-order valence-corrected chi connectivity index (χ2v) is 16.8. The molecule has 1 aromatic heterocycles. The fourth-order valence-electron chi connectivity index (χ4n) is 7.55. The molecule has 0 radical (unpaired) electrons. The van der Waals surface area contributed by atoms with Gasteiger partial charge in [0.25, 0.3) is 11.6 Å². The van der Waals surface area contributed by atoms with E-state index >= 15 is 4.11 Å². The molecule has 1 spiro atoms. The average Bonchev–Trinajstić information content (AvgIpc) is 3.66. The molecule has 2 amide bonds. The number of carbonyl (C=O) groups is 2. The Balaban J connectivity index is 1.33. The fourth-order valence-corrected chi connectivity index (χ4v) is 10.1. The summed E-state index contributed by atoms with van der Waals surface area (Å²) in [6.45, 7) is 6.19. The summed E-state index contributed by atoms with van der Waals surface area (Å²) in [5, 5.41) is 29.3. The summed E-state index contributed by atoms with van der Waals surface area (Å²) in [6, 6.07) is 11.9. The number of carbonyl (C=O) groups excluding carboxylic acids is 2. The number of hydrogen-bond donors (Lipinski definition) is 1. The van der Waals surface area contributed by atoms with Gasteiger partial charge in [-0.25, -0.2) is 0 Å². The molecule has 14 heteroatoms. The third kappa shape index (κ3) is 5.62. The summed E-state index contributed by atoms with van der Waals surface area (Å²) in [6.07, 6.45) is 4.16. The van der Waals surface area contributed by atoms with Crippen molar-refractivity contribution >= 4 is 37.3 Å². The lowest BCUT2D eigenvalue weighted by atomic mass is 9.82. The van der Waals surface area contributed by atoms with E-state index in [0.717, 1.165) is 24.1 Å². The monoisotopic (exact) mass is 650 g/mol. The first kappa shape index (κ1) is 31.9. The van der Waals surface area contributed by atoms with E-state index in [1.54, 1.807) is 39.8 Å². The highest BCUT2D eigenvalue weighted by molar-refractivity contribution is 6.72. The molecule has 244 valence electrons. The van der Waals surface area contributed by atoms with Crippen LogP contribution in [0.2, 0.25) is 18.6 Å². The Kier molecular flexibility index (Phi) is 8.54. The molecule has 0 saturated carbocycles. The van der Waals surface area contributed by atoms with E-state index in [1.807, 2.05) is 31.2 Å². The summed E-state index contributed by atoms with van der Waals surface area (Å²) < 4.78 is 24.5. The van der Waals surface area contributed by atoms with E-state index in [0.29, 0.717) is 49.3 Å². The molecule has 1 N–H and O–H groups in total. The molecule has 4 atom stereocenters. The number of nitrogens with zero attached hydrogens (tertiary/aromatic N) is 6. The standard InChI is InChI=1S/C32H39FN6O6Si/c1-21-30(46(2,3)33)28(13-16-36-20-23(14-17-40)34-35-36)45-32(21)26-18-25(39(43)44)11-12-27(26)38(31(32)42)19-22-7-9-24(10-8-22)37-15-5-4-6-29(37)41/h7-12,18,20-21,28,30,40H,4-6,13-17,19H2,1-3H3/t21-,28+,30-,32+/m0/s1. The SMILES string of the molecule is C[C@H]1[C@H]([Si](C)(C)F)[C@@H](CCn2cc(CCO)nn2)O[C@]12C(=O)N(Cc1ccc(N3CCCCC3=O)cc1)c1ccc([N+](=O)[O-])cc12. The van der Waals surface area contributed by atoms with Crippen LogP contribution in [0.5, 0.6) is 0 Å². The van der Waals surface area contributed by atoms with E-state index in [2.05, 4.69) is 10.3 Å². The van der Waals surface area contributed by atoms with E-state index in [9.17, 15) is 24.8 Å². The largest absolute Gasteiger partial charge is 0.396 e. The van der Waals surface area contributed by atoms with Gasteiger partial charge in [0, 0.05) is 73.6 Å². The number of hydrogen-bond acceptors (Lipinski definition) is 8. The van der Waals surface area contributed by atoms with Crippen LogP contribution in [0.25, 0.3) is 0 Å². The van der Waals surface area contributed by atoms with Crippen LogP contribution >= 0.6 is 0 Å². The summed E-state index contributed by atoms with van der Waals surface area (Å²) in [5.41, 5.74) is 0.782. The predicted molar refractivity (Wildman–Crippen MR) is 170 cm³/mol. The molecule has 0 aliphatic carbocycles. The smallest absolute Gasteiger partial charge is 0.269 e. The first-order valence-corrected chi connectivity index (χ1v) is 18.8. The number of piperidine rings is 1. The highest BCUT2D eigenvalue weighted by Crippen LogP contribution is 2.60. The minimum atomic E-state index is -3.44. The highest BCUT2D eigenvalue weighted by Gasteiger charge is 2.66. The van der Waals surface area contributed by atoms with Gasteiger partial charge in [0.1, 0.15) is 0 Å². The molecule has 0 bridgehead atoms. The van der Waals surface area contributed by atoms with Crippen LogP contribution in [0.1, 0.15) is 49.4 Å². The molecular weight excluding hydrogens is 611 g/mol. The molecule has 0 unspecified atom stereocenters. The lowest BCUT2D eigenvalue weighted by molar-refractivity contribution is -0.385. The first-order valence-electron chi connectivity index (χ1n) is 15.8. The number of benzene rings is 2. The number of nitro benzene ring substituents is 1. The van der Waals surface area contributed by atoms with Crippen LogP contribution in [-0.2, 0) is 39.4 Å². The number of ether oxygens (including phenoxy) is 1. The number of aromatic nitrogens is 3. The predicted octanol–water partition coefficient (Wildman–Crippen LogP) is 4.65. The van der Waals surface area contributed by atoms with Gasteiger partial charge in [-0.15, -0.1) is 5.10 Å². The van der Waals surface area contributed by atoms with Crippen molar-refractivity contribution < 1.29 is 28.5 Å². The van der Waals surface area contributed by atoms with Gasteiger partial charge >= 0.3 is 0 Å². The van der Waals surface area contributed by atoms with Gasteiger partial charge in [-0.2, -0.15) is 0 Å². The van der Waals surface area contributed by atoms with Crippen LogP contribution in [0.4, 0.5) is 21.2 Å². The quantitative estimate of drug-likeness (QED) is 0.145. The number of amides is 2. The van der Waals surface area contributed by atoms with Gasteiger partial charge in [-0.3, -0.25) is 24.4 Å².